The molecule has 1 aliphatic heterocycles. The van der Waals surface area contributed by atoms with Crippen LogP contribution in [0.1, 0.15) is 43.8 Å². The molecule has 0 saturated carbocycles. The minimum absolute atomic E-state index is 0.00603. The molecule has 0 N–H and O–H groups in total. The molecule has 2 aromatic heterocycles. The van der Waals surface area contributed by atoms with Gasteiger partial charge in [0.1, 0.15) is 6.04 Å². The molecule has 0 bridgehead atoms. The number of hydrogen-bond acceptors (Lipinski definition) is 4. The molecule has 3 aromatic rings. The molecule has 0 aliphatic carbocycles. The zero-order valence-corrected chi connectivity index (χ0v) is 15.3. The maximum Gasteiger partial charge on any atom is 0.261 e. The molecule has 4 rings (SSSR count). The molecular formula is C21H22N4O2. The zero-order chi connectivity index (χ0) is 18.8. The van der Waals surface area contributed by atoms with Gasteiger partial charge < -0.3 is 4.90 Å². The van der Waals surface area contributed by atoms with Crippen molar-refractivity contribution in [2.75, 3.05) is 6.54 Å². The van der Waals surface area contributed by atoms with Crippen LogP contribution in [0.4, 0.5) is 0 Å². The Morgan fingerprint density at radius 3 is 2.85 bits per heavy atom. The first kappa shape index (κ1) is 17.4. The predicted molar refractivity (Wildman–Crippen MR) is 103 cm³/mol. The summed E-state index contributed by atoms with van der Waals surface area (Å²) in [7, 11) is 0. The molecule has 1 unspecified atom stereocenters. The maximum atomic E-state index is 13.3. The van der Waals surface area contributed by atoms with Crippen molar-refractivity contribution in [1.82, 2.24) is 19.4 Å². The lowest BCUT2D eigenvalue weighted by Gasteiger charge is -2.37. The van der Waals surface area contributed by atoms with Crippen molar-refractivity contribution >= 4 is 16.8 Å². The normalized spacial score (nSPS) is 18.4. The molecule has 0 radical (unpaired) electrons. The topological polar surface area (TPSA) is 68.1 Å². The van der Waals surface area contributed by atoms with Gasteiger partial charge in [0.15, 0.2) is 0 Å². The number of pyridine rings is 1. The number of rotatable bonds is 3. The number of fused-ring (bicyclic) bond motifs is 1. The van der Waals surface area contributed by atoms with Gasteiger partial charge in [-0.25, -0.2) is 4.98 Å². The van der Waals surface area contributed by atoms with Crippen molar-refractivity contribution in [2.45, 2.75) is 38.3 Å². The number of carbonyl (C=O) groups excluding carboxylic acids is 1. The van der Waals surface area contributed by atoms with E-state index in [1.165, 1.54) is 10.9 Å². The summed E-state index contributed by atoms with van der Waals surface area (Å²) in [5.41, 5.74) is 1.50. The fourth-order valence-corrected chi connectivity index (χ4v) is 3.83. The lowest BCUT2D eigenvalue weighted by molar-refractivity contribution is -0.138. The second kappa shape index (κ2) is 7.31. The summed E-state index contributed by atoms with van der Waals surface area (Å²) in [6.45, 7) is 2.47. The minimum Gasteiger partial charge on any atom is -0.334 e. The number of piperidine rings is 1. The van der Waals surface area contributed by atoms with Gasteiger partial charge in [-0.3, -0.25) is 19.1 Å². The maximum absolute atomic E-state index is 13.3. The van der Waals surface area contributed by atoms with Crippen LogP contribution in [0.2, 0.25) is 0 Å². The van der Waals surface area contributed by atoms with Crippen molar-refractivity contribution in [3.63, 3.8) is 0 Å². The molecule has 2 atom stereocenters. The third kappa shape index (κ3) is 3.23. The predicted octanol–water partition coefficient (Wildman–Crippen LogP) is 3.11. The van der Waals surface area contributed by atoms with E-state index in [1.807, 2.05) is 35.4 Å². The highest BCUT2D eigenvalue weighted by atomic mass is 16.2. The Morgan fingerprint density at radius 1 is 1.19 bits per heavy atom. The Morgan fingerprint density at radius 2 is 2.04 bits per heavy atom. The third-order valence-electron chi connectivity index (χ3n) is 5.32. The standard InChI is InChI=1S/C21H22N4O2/c1-15(25-14-23-18-9-3-2-8-17(18)21(25)27)20(26)24-12-5-4-10-19(24)16-7-6-11-22-13-16/h2-3,6-9,11,13-15,19H,4-5,10,12H2,1H3/t15?,19-/m1/s1. The summed E-state index contributed by atoms with van der Waals surface area (Å²) < 4.78 is 1.44. The van der Waals surface area contributed by atoms with Gasteiger partial charge in [-0.2, -0.15) is 0 Å². The third-order valence-corrected chi connectivity index (χ3v) is 5.32. The van der Waals surface area contributed by atoms with Gasteiger partial charge in [0.2, 0.25) is 5.91 Å². The van der Waals surface area contributed by atoms with Crippen LogP contribution in [0.3, 0.4) is 0 Å². The zero-order valence-electron chi connectivity index (χ0n) is 15.3. The second-order valence-corrected chi connectivity index (χ2v) is 6.98. The van der Waals surface area contributed by atoms with Crippen molar-refractivity contribution in [3.8, 4) is 0 Å². The molecule has 138 valence electrons. The van der Waals surface area contributed by atoms with E-state index >= 15 is 0 Å². The van der Waals surface area contributed by atoms with Crippen LogP contribution >= 0.6 is 0 Å². The molecule has 27 heavy (non-hydrogen) atoms. The van der Waals surface area contributed by atoms with Gasteiger partial charge >= 0.3 is 0 Å². The lowest BCUT2D eigenvalue weighted by atomic mass is 9.95. The lowest BCUT2D eigenvalue weighted by Crippen LogP contribution is -2.43. The van der Waals surface area contributed by atoms with E-state index in [9.17, 15) is 9.59 Å². The van der Waals surface area contributed by atoms with Crippen LogP contribution in [0.25, 0.3) is 10.9 Å². The van der Waals surface area contributed by atoms with E-state index in [1.54, 1.807) is 25.3 Å². The summed E-state index contributed by atoms with van der Waals surface area (Å²) in [5.74, 6) is -0.0530. The highest BCUT2D eigenvalue weighted by Gasteiger charge is 2.32. The monoisotopic (exact) mass is 362 g/mol. The van der Waals surface area contributed by atoms with E-state index in [-0.39, 0.29) is 17.5 Å². The molecule has 1 saturated heterocycles. The molecule has 3 heterocycles. The molecule has 1 fully saturated rings. The number of aromatic nitrogens is 3. The van der Waals surface area contributed by atoms with E-state index in [4.69, 9.17) is 0 Å². The fraction of sp³-hybridized carbons (Fsp3) is 0.333. The summed E-state index contributed by atoms with van der Waals surface area (Å²) in [5, 5.41) is 0.530. The van der Waals surface area contributed by atoms with Gasteiger partial charge in [0.05, 0.1) is 23.3 Å². The molecule has 0 spiro atoms. The first-order valence-corrected chi connectivity index (χ1v) is 9.33. The number of para-hydroxylation sites is 1. The van der Waals surface area contributed by atoms with E-state index in [0.717, 1.165) is 24.8 Å². The van der Waals surface area contributed by atoms with Crippen LogP contribution in [-0.4, -0.2) is 31.9 Å². The fourth-order valence-electron chi connectivity index (χ4n) is 3.83. The van der Waals surface area contributed by atoms with Gasteiger partial charge in [0, 0.05) is 18.9 Å². The average Bonchev–Trinajstić information content (AvgIpc) is 2.74. The van der Waals surface area contributed by atoms with Crippen LogP contribution < -0.4 is 5.56 Å². The van der Waals surface area contributed by atoms with Gasteiger partial charge in [-0.05, 0) is 49.9 Å². The number of benzene rings is 1. The molecule has 1 aliphatic rings. The highest BCUT2D eigenvalue weighted by molar-refractivity contribution is 5.82. The number of nitrogens with zero attached hydrogens (tertiary/aromatic N) is 4. The van der Waals surface area contributed by atoms with Gasteiger partial charge in [0.25, 0.3) is 5.56 Å². The summed E-state index contributed by atoms with van der Waals surface area (Å²) in [4.78, 5) is 36.6. The summed E-state index contributed by atoms with van der Waals surface area (Å²) >= 11 is 0. The summed E-state index contributed by atoms with van der Waals surface area (Å²) in [6.07, 6.45) is 8.01. The summed E-state index contributed by atoms with van der Waals surface area (Å²) in [6, 6.07) is 10.5. The largest absolute Gasteiger partial charge is 0.334 e. The minimum atomic E-state index is -0.605. The number of hydrogen-bond donors (Lipinski definition) is 0. The Hall–Kier alpha value is -3.02. The van der Waals surface area contributed by atoms with Crippen molar-refractivity contribution < 1.29 is 4.79 Å². The van der Waals surface area contributed by atoms with Gasteiger partial charge in [-0.15, -0.1) is 0 Å². The van der Waals surface area contributed by atoms with Crippen molar-refractivity contribution in [1.29, 1.82) is 0 Å². The molecule has 1 amide bonds. The van der Waals surface area contributed by atoms with Crippen LogP contribution in [0, 0.1) is 0 Å². The van der Waals surface area contributed by atoms with Gasteiger partial charge in [-0.1, -0.05) is 18.2 Å². The Labute approximate surface area is 157 Å². The highest BCUT2D eigenvalue weighted by Crippen LogP contribution is 2.32. The number of carbonyl (C=O) groups is 1. The molecule has 6 heteroatoms. The first-order valence-electron chi connectivity index (χ1n) is 9.33. The Balaban J connectivity index is 1.67. The Bertz CT molecular complexity index is 1020. The van der Waals surface area contributed by atoms with Crippen LogP contribution in [0.5, 0.6) is 0 Å². The van der Waals surface area contributed by atoms with Crippen LogP contribution in [0.15, 0.2) is 59.9 Å². The van der Waals surface area contributed by atoms with E-state index < -0.39 is 6.04 Å². The van der Waals surface area contributed by atoms with Crippen molar-refractivity contribution in [2.24, 2.45) is 0 Å². The SMILES string of the molecule is CC(C(=O)N1CCCC[C@@H]1c1cccnc1)n1cnc2ccccc2c1=O. The quantitative estimate of drug-likeness (QED) is 0.718. The number of likely N-dealkylation sites (tertiary alicyclic amines) is 1. The Kier molecular flexibility index (Phi) is 4.71. The second-order valence-electron chi connectivity index (χ2n) is 6.98. The average molecular weight is 362 g/mol. The van der Waals surface area contributed by atoms with Crippen LogP contribution in [-0.2, 0) is 4.79 Å². The number of amides is 1. The smallest absolute Gasteiger partial charge is 0.261 e. The molecular weight excluding hydrogens is 340 g/mol. The van der Waals surface area contributed by atoms with E-state index in [2.05, 4.69) is 9.97 Å². The van der Waals surface area contributed by atoms with E-state index in [0.29, 0.717) is 17.4 Å². The molecule has 1 aromatic carbocycles. The first-order chi connectivity index (χ1) is 13.2. The van der Waals surface area contributed by atoms with Crippen molar-refractivity contribution in [3.05, 3.63) is 71.0 Å². The molecule has 6 nitrogen and oxygen atoms in total.